The topological polar surface area (TPSA) is 68.6 Å². The van der Waals surface area contributed by atoms with E-state index in [0.29, 0.717) is 41.0 Å². The second-order valence-electron chi connectivity index (χ2n) is 6.87. The smallest absolute Gasteiger partial charge is 0.355 e. The molecule has 156 valence electrons. The van der Waals surface area contributed by atoms with Gasteiger partial charge in [0.05, 0.1) is 13.2 Å². The van der Waals surface area contributed by atoms with Gasteiger partial charge in [-0.05, 0) is 57.0 Å². The van der Waals surface area contributed by atoms with Crippen molar-refractivity contribution in [2.45, 2.75) is 34.1 Å². The predicted octanol–water partition coefficient (Wildman–Crippen LogP) is 3.69. The summed E-state index contributed by atoms with van der Waals surface area (Å²) in [5.74, 6) is -1.50. The van der Waals surface area contributed by atoms with Crippen LogP contribution >= 0.6 is 0 Å². The van der Waals surface area contributed by atoms with Gasteiger partial charge in [-0.1, -0.05) is 6.92 Å². The zero-order valence-electron chi connectivity index (χ0n) is 17.5. The van der Waals surface area contributed by atoms with Crippen molar-refractivity contribution in [1.82, 2.24) is 9.47 Å². The Bertz CT molecular complexity index is 916. The van der Waals surface area contributed by atoms with Crippen LogP contribution in [0.5, 0.6) is 0 Å². The minimum Gasteiger partial charge on any atom is -0.461 e. The number of carbonyl (C=O) groups excluding carboxylic acids is 3. The lowest BCUT2D eigenvalue weighted by atomic mass is 10.0. The van der Waals surface area contributed by atoms with E-state index in [9.17, 15) is 18.8 Å². The van der Waals surface area contributed by atoms with Crippen molar-refractivity contribution in [2.75, 3.05) is 19.7 Å². The molecule has 1 heterocycles. The molecule has 0 fully saturated rings. The minimum absolute atomic E-state index is 0.127. The minimum atomic E-state index is -0.484. The molecule has 0 radical (unpaired) electrons. The maximum atomic E-state index is 13.2. The Hall–Kier alpha value is -2.96. The van der Waals surface area contributed by atoms with Crippen molar-refractivity contribution >= 4 is 17.7 Å². The van der Waals surface area contributed by atoms with Gasteiger partial charge in [0.25, 0.3) is 5.91 Å². The number of hydrogen-bond acceptors (Lipinski definition) is 4. The Morgan fingerprint density at radius 2 is 1.72 bits per heavy atom. The fourth-order valence-corrected chi connectivity index (χ4v) is 3.43. The summed E-state index contributed by atoms with van der Waals surface area (Å²) < 4.78 is 19.9. The number of ketones is 1. The number of rotatable bonds is 8. The number of benzene rings is 1. The standard InChI is InChI=1S/C22H27FN2O4/c1-6-12-25(21(27)16-8-10-17(23)11-9-16)13-18(26)19-14(3)20(22(28)29-7-2)24(5)15(19)4/h8-11H,6-7,12-13H2,1-5H3. The Labute approximate surface area is 170 Å². The normalized spacial score (nSPS) is 10.7. The molecule has 0 bridgehead atoms. The summed E-state index contributed by atoms with van der Waals surface area (Å²) in [7, 11) is 1.71. The van der Waals surface area contributed by atoms with Gasteiger partial charge in [0.1, 0.15) is 11.5 Å². The fourth-order valence-electron chi connectivity index (χ4n) is 3.43. The van der Waals surface area contributed by atoms with Gasteiger partial charge in [0.2, 0.25) is 0 Å². The van der Waals surface area contributed by atoms with Gasteiger partial charge in [-0.2, -0.15) is 0 Å². The molecule has 1 amide bonds. The van der Waals surface area contributed by atoms with E-state index in [1.54, 1.807) is 32.4 Å². The number of hydrogen-bond donors (Lipinski definition) is 0. The average Bonchev–Trinajstić information content (AvgIpc) is 2.90. The average molecular weight is 402 g/mol. The number of aromatic nitrogens is 1. The quantitative estimate of drug-likeness (QED) is 0.499. The summed E-state index contributed by atoms with van der Waals surface area (Å²) in [5.41, 5.74) is 2.25. The number of halogens is 1. The van der Waals surface area contributed by atoms with E-state index < -0.39 is 11.8 Å². The van der Waals surface area contributed by atoms with Crippen LogP contribution in [0.25, 0.3) is 0 Å². The largest absolute Gasteiger partial charge is 0.461 e. The van der Waals surface area contributed by atoms with Crippen LogP contribution in [0.2, 0.25) is 0 Å². The molecule has 0 aliphatic heterocycles. The molecule has 0 saturated carbocycles. The first-order valence-electron chi connectivity index (χ1n) is 9.63. The molecule has 6 nitrogen and oxygen atoms in total. The van der Waals surface area contributed by atoms with Crippen LogP contribution in [0.1, 0.15) is 62.7 Å². The molecule has 0 aliphatic rings. The molecule has 1 aromatic carbocycles. The molecule has 29 heavy (non-hydrogen) atoms. The first kappa shape index (κ1) is 22.3. The summed E-state index contributed by atoms with van der Waals surface area (Å²) in [5, 5.41) is 0. The molecule has 0 spiro atoms. The highest BCUT2D eigenvalue weighted by atomic mass is 19.1. The van der Waals surface area contributed by atoms with E-state index in [2.05, 4.69) is 0 Å². The predicted molar refractivity (Wildman–Crippen MR) is 108 cm³/mol. The highest BCUT2D eigenvalue weighted by molar-refractivity contribution is 6.06. The van der Waals surface area contributed by atoms with Gasteiger partial charge in [-0.15, -0.1) is 0 Å². The summed E-state index contributed by atoms with van der Waals surface area (Å²) in [4.78, 5) is 39.6. The lowest BCUT2D eigenvalue weighted by Gasteiger charge is -2.21. The van der Waals surface area contributed by atoms with Crippen molar-refractivity contribution < 1.29 is 23.5 Å². The molecule has 0 atom stereocenters. The van der Waals surface area contributed by atoms with Crippen LogP contribution in [-0.4, -0.2) is 46.8 Å². The van der Waals surface area contributed by atoms with Crippen molar-refractivity contribution in [2.24, 2.45) is 7.05 Å². The zero-order chi connectivity index (χ0) is 21.7. The molecule has 7 heteroatoms. The SMILES string of the molecule is CCCN(CC(=O)c1c(C)c(C(=O)OCC)n(C)c1C)C(=O)c1ccc(F)cc1. The van der Waals surface area contributed by atoms with E-state index in [4.69, 9.17) is 4.74 Å². The highest BCUT2D eigenvalue weighted by Crippen LogP contribution is 2.23. The molecular formula is C22H27FN2O4. The summed E-state index contributed by atoms with van der Waals surface area (Å²) >= 11 is 0. The third-order valence-corrected chi connectivity index (χ3v) is 4.88. The second-order valence-corrected chi connectivity index (χ2v) is 6.87. The van der Waals surface area contributed by atoms with E-state index in [0.717, 1.165) is 0 Å². The van der Waals surface area contributed by atoms with Crippen LogP contribution in [0, 0.1) is 19.7 Å². The van der Waals surface area contributed by atoms with Crippen LogP contribution < -0.4 is 0 Å². The number of carbonyl (C=O) groups is 3. The molecule has 0 aliphatic carbocycles. The Balaban J connectivity index is 2.33. The van der Waals surface area contributed by atoms with Crippen LogP contribution in [0.3, 0.4) is 0 Å². The lowest BCUT2D eigenvalue weighted by molar-refractivity contribution is 0.0514. The van der Waals surface area contributed by atoms with Gasteiger partial charge in [-0.25, -0.2) is 9.18 Å². The van der Waals surface area contributed by atoms with Crippen molar-refractivity contribution in [3.8, 4) is 0 Å². The summed E-state index contributed by atoms with van der Waals surface area (Å²) in [6.45, 7) is 7.59. The third kappa shape index (κ3) is 4.72. The summed E-state index contributed by atoms with van der Waals surface area (Å²) in [6.07, 6.45) is 0.668. The third-order valence-electron chi connectivity index (χ3n) is 4.88. The van der Waals surface area contributed by atoms with E-state index in [1.807, 2.05) is 6.92 Å². The number of Topliss-reactive ketones (excluding diaryl/α,β-unsaturated/α-hetero) is 1. The number of esters is 1. The van der Waals surface area contributed by atoms with Gasteiger partial charge in [-0.3, -0.25) is 9.59 Å². The number of nitrogens with zero attached hydrogens (tertiary/aromatic N) is 2. The summed E-state index contributed by atoms with van der Waals surface area (Å²) in [6, 6.07) is 5.25. The van der Waals surface area contributed by atoms with Gasteiger partial charge in [0, 0.05) is 30.4 Å². The first-order chi connectivity index (χ1) is 13.7. The van der Waals surface area contributed by atoms with Gasteiger partial charge < -0.3 is 14.2 Å². The van der Waals surface area contributed by atoms with Gasteiger partial charge >= 0.3 is 5.97 Å². The monoisotopic (exact) mass is 402 g/mol. The highest BCUT2D eigenvalue weighted by Gasteiger charge is 2.27. The molecule has 2 rings (SSSR count). The molecule has 1 aromatic heterocycles. The fraction of sp³-hybridized carbons (Fsp3) is 0.409. The Kier molecular flexibility index (Phi) is 7.31. The Morgan fingerprint density at radius 3 is 2.28 bits per heavy atom. The molecule has 2 aromatic rings. The van der Waals surface area contributed by atoms with Crippen molar-refractivity contribution in [3.05, 3.63) is 58.2 Å². The lowest BCUT2D eigenvalue weighted by Crippen LogP contribution is -2.36. The molecule has 0 saturated heterocycles. The Morgan fingerprint density at radius 1 is 1.10 bits per heavy atom. The van der Waals surface area contributed by atoms with E-state index >= 15 is 0 Å². The number of amides is 1. The molecule has 0 unspecified atom stereocenters. The zero-order valence-corrected chi connectivity index (χ0v) is 17.5. The second kappa shape index (κ2) is 9.49. The van der Waals surface area contributed by atoms with Crippen LogP contribution in [0.15, 0.2) is 24.3 Å². The first-order valence-corrected chi connectivity index (χ1v) is 9.63. The van der Waals surface area contributed by atoms with Gasteiger partial charge in [0.15, 0.2) is 5.78 Å². The van der Waals surface area contributed by atoms with E-state index in [-0.39, 0.29) is 24.8 Å². The van der Waals surface area contributed by atoms with Crippen LogP contribution in [-0.2, 0) is 11.8 Å². The van der Waals surface area contributed by atoms with E-state index in [1.165, 1.54) is 29.2 Å². The molecular weight excluding hydrogens is 375 g/mol. The maximum absolute atomic E-state index is 13.2. The van der Waals surface area contributed by atoms with Crippen molar-refractivity contribution in [1.29, 1.82) is 0 Å². The maximum Gasteiger partial charge on any atom is 0.355 e. The number of ether oxygens (including phenoxy) is 1. The molecule has 0 N–H and O–H groups in total. The van der Waals surface area contributed by atoms with Crippen LogP contribution in [0.4, 0.5) is 4.39 Å². The van der Waals surface area contributed by atoms with Crippen molar-refractivity contribution in [3.63, 3.8) is 0 Å².